The van der Waals surface area contributed by atoms with Crippen LogP contribution >= 0.6 is 0 Å². The summed E-state index contributed by atoms with van der Waals surface area (Å²) in [6.07, 6.45) is 0. The van der Waals surface area contributed by atoms with Crippen LogP contribution in [0.5, 0.6) is 0 Å². The maximum absolute atomic E-state index is 11.3. The monoisotopic (exact) mass is 220 g/mol. The molecule has 1 aromatic carbocycles. The van der Waals surface area contributed by atoms with Crippen molar-refractivity contribution in [1.82, 2.24) is 0 Å². The van der Waals surface area contributed by atoms with Gasteiger partial charge in [-0.1, -0.05) is 0 Å². The van der Waals surface area contributed by atoms with E-state index < -0.39 is 10.9 Å². The van der Waals surface area contributed by atoms with Crippen LogP contribution in [0.15, 0.2) is 18.2 Å². The Morgan fingerprint density at radius 1 is 1.62 bits per heavy atom. The summed E-state index contributed by atoms with van der Waals surface area (Å²) in [4.78, 5) is 21.1. The Kier molecular flexibility index (Phi) is 3.56. The normalized spacial score (nSPS) is 9.25. The number of ether oxygens (including phenoxy) is 1. The van der Waals surface area contributed by atoms with E-state index in [0.29, 0.717) is 0 Å². The van der Waals surface area contributed by atoms with Crippen molar-refractivity contribution in [2.75, 3.05) is 6.61 Å². The lowest BCUT2D eigenvalue weighted by molar-refractivity contribution is -0.385. The Labute approximate surface area is 91.2 Å². The van der Waals surface area contributed by atoms with Gasteiger partial charge in [0, 0.05) is 6.07 Å². The van der Waals surface area contributed by atoms with Crippen molar-refractivity contribution in [3.8, 4) is 6.07 Å². The number of esters is 1. The standard InChI is InChI=1S/C10H8N2O4/c1-2-16-10(13)7-3-4-9(12(14)15)8(5-7)6-11/h3-5H,2H2,1H3. The van der Waals surface area contributed by atoms with Crippen LogP contribution in [0.2, 0.25) is 0 Å². The molecule has 82 valence electrons. The van der Waals surface area contributed by atoms with Gasteiger partial charge in [0.2, 0.25) is 0 Å². The topological polar surface area (TPSA) is 93.2 Å². The molecule has 0 bridgehead atoms. The lowest BCUT2D eigenvalue weighted by Gasteiger charge is -2.01. The number of nitro benzene ring substituents is 1. The number of hydrogen-bond acceptors (Lipinski definition) is 5. The van der Waals surface area contributed by atoms with E-state index in [0.717, 1.165) is 12.1 Å². The van der Waals surface area contributed by atoms with Crippen molar-refractivity contribution in [3.63, 3.8) is 0 Å². The number of carbonyl (C=O) groups excluding carboxylic acids is 1. The highest BCUT2D eigenvalue weighted by molar-refractivity contribution is 5.90. The average molecular weight is 220 g/mol. The van der Waals surface area contributed by atoms with Gasteiger partial charge in [-0.15, -0.1) is 0 Å². The highest BCUT2D eigenvalue weighted by Gasteiger charge is 2.16. The second-order valence-electron chi connectivity index (χ2n) is 2.82. The molecule has 0 atom stereocenters. The molecule has 0 unspecified atom stereocenters. The highest BCUT2D eigenvalue weighted by Crippen LogP contribution is 2.19. The van der Waals surface area contributed by atoms with Gasteiger partial charge < -0.3 is 4.74 Å². The number of nitro groups is 1. The molecule has 6 nitrogen and oxygen atoms in total. The van der Waals surface area contributed by atoms with E-state index in [4.69, 9.17) is 10.00 Å². The minimum Gasteiger partial charge on any atom is -0.462 e. The van der Waals surface area contributed by atoms with Crippen molar-refractivity contribution in [1.29, 1.82) is 5.26 Å². The van der Waals surface area contributed by atoms with E-state index in [-0.39, 0.29) is 23.4 Å². The minimum absolute atomic E-state index is 0.129. The van der Waals surface area contributed by atoms with Crippen molar-refractivity contribution < 1.29 is 14.5 Å². The number of benzene rings is 1. The van der Waals surface area contributed by atoms with Gasteiger partial charge in [-0.2, -0.15) is 5.26 Å². The van der Waals surface area contributed by atoms with Crippen molar-refractivity contribution in [3.05, 3.63) is 39.4 Å². The van der Waals surface area contributed by atoms with Gasteiger partial charge in [-0.3, -0.25) is 10.1 Å². The van der Waals surface area contributed by atoms with Gasteiger partial charge in [0.1, 0.15) is 11.6 Å². The number of hydrogen-bond donors (Lipinski definition) is 0. The first-order valence-corrected chi connectivity index (χ1v) is 4.45. The third-order valence-corrected chi connectivity index (χ3v) is 1.82. The van der Waals surface area contributed by atoms with E-state index in [1.165, 1.54) is 6.07 Å². The predicted molar refractivity (Wildman–Crippen MR) is 53.8 cm³/mol. The van der Waals surface area contributed by atoms with E-state index >= 15 is 0 Å². The number of nitriles is 1. The maximum Gasteiger partial charge on any atom is 0.338 e. The molecule has 0 N–H and O–H groups in total. The van der Waals surface area contributed by atoms with Gasteiger partial charge in [-0.25, -0.2) is 4.79 Å². The molecule has 6 heteroatoms. The van der Waals surface area contributed by atoms with Gasteiger partial charge in [0.25, 0.3) is 5.69 Å². The van der Waals surface area contributed by atoms with Crippen LogP contribution in [0.25, 0.3) is 0 Å². The molecular weight excluding hydrogens is 212 g/mol. The molecule has 0 saturated carbocycles. The summed E-state index contributed by atoms with van der Waals surface area (Å²) in [6.45, 7) is 1.85. The molecular formula is C10H8N2O4. The van der Waals surface area contributed by atoms with E-state index in [1.807, 2.05) is 0 Å². The van der Waals surface area contributed by atoms with Gasteiger partial charge >= 0.3 is 5.97 Å². The van der Waals surface area contributed by atoms with Gasteiger partial charge in [-0.05, 0) is 19.1 Å². The quantitative estimate of drug-likeness (QED) is 0.438. The molecule has 0 aliphatic heterocycles. The summed E-state index contributed by atoms with van der Waals surface area (Å²) >= 11 is 0. The first-order chi connectivity index (χ1) is 7.60. The molecule has 0 heterocycles. The number of nitrogens with zero attached hydrogens (tertiary/aromatic N) is 2. The molecule has 1 aromatic rings. The summed E-state index contributed by atoms with van der Waals surface area (Å²) in [7, 11) is 0. The third kappa shape index (κ3) is 2.33. The van der Waals surface area contributed by atoms with E-state index in [9.17, 15) is 14.9 Å². The fourth-order valence-corrected chi connectivity index (χ4v) is 1.13. The van der Waals surface area contributed by atoms with Crippen molar-refractivity contribution in [2.45, 2.75) is 6.92 Å². The Hall–Kier alpha value is -2.42. The van der Waals surface area contributed by atoms with E-state index in [1.54, 1.807) is 13.0 Å². The first-order valence-electron chi connectivity index (χ1n) is 4.45. The summed E-state index contributed by atoms with van der Waals surface area (Å²) in [6, 6.07) is 5.19. The number of rotatable bonds is 3. The van der Waals surface area contributed by atoms with Gasteiger partial charge in [0.05, 0.1) is 17.1 Å². The van der Waals surface area contributed by atoms with Gasteiger partial charge in [0.15, 0.2) is 0 Å². The zero-order valence-electron chi connectivity index (χ0n) is 8.47. The molecule has 0 aromatic heterocycles. The number of carbonyl (C=O) groups is 1. The predicted octanol–water partition coefficient (Wildman–Crippen LogP) is 1.64. The third-order valence-electron chi connectivity index (χ3n) is 1.82. The van der Waals surface area contributed by atoms with E-state index in [2.05, 4.69) is 0 Å². The van der Waals surface area contributed by atoms with Crippen molar-refractivity contribution in [2.24, 2.45) is 0 Å². The lowest BCUT2D eigenvalue weighted by atomic mass is 10.1. The van der Waals surface area contributed by atoms with Crippen LogP contribution in [0.1, 0.15) is 22.8 Å². The Morgan fingerprint density at radius 3 is 2.81 bits per heavy atom. The largest absolute Gasteiger partial charge is 0.462 e. The van der Waals surface area contributed by atoms with Crippen LogP contribution in [-0.4, -0.2) is 17.5 Å². The second-order valence-corrected chi connectivity index (χ2v) is 2.82. The summed E-state index contributed by atoms with van der Waals surface area (Å²) in [5.74, 6) is -0.603. The molecule has 0 spiro atoms. The van der Waals surface area contributed by atoms with Crippen LogP contribution in [0, 0.1) is 21.4 Å². The van der Waals surface area contributed by atoms with Crippen LogP contribution in [-0.2, 0) is 4.74 Å². The van der Waals surface area contributed by atoms with Crippen LogP contribution in [0.3, 0.4) is 0 Å². The Morgan fingerprint density at radius 2 is 2.31 bits per heavy atom. The molecule has 0 saturated heterocycles. The van der Waals surface area contributed by atoms with Crippen LogP contribution in [0.4, 0.5) is 5.69 Å². The zero-order chi connectivity index (χ0) is 12.1. The zero-order valence-corrected chi connectivity index (χ0v) is 8.47. The lowest BCUT2D eigenvalue weighted by Crippen LogP contribution is -2.05. The van der Waals surface area contributed by atoms with Crippen molar-refractivity contribution >= 4 is 11.7 Å². The summed E-state index contributed by atoms with van der Waals surface area (Å²) in [5, 5.41) is 19.2. The smallest absolute Gasteiger partial charge is 0.338 e. The Balaban J connectivity index is 3.15. The fourth-order valence-electron chi connectivity index (χ4n) is 1.13. The molecule has 0 aliphatic rings. The SMILES string of the molecule is CCOC(=O)c1ccc([N+](=O)[O-])c(C#N)c1. The van der Waals surface area contributed by atoms with Crippen LogP contribution < -0.4 is 0 Å². The molecule has 0 fully saturated rings. The molecule has 0 radical (unpaired) electrons. The summed E-state index contributed by atoms with van der Waals surface area (Å²) in [5.41, 5.74) is -0.352. The molecule has 1 rings (SSSR count). The first kappa shape index (κ1) is 11.7. The average Bonchev–Trinajstić information content (AvgIpc) is 2.28. The molecule has 0 aliphatic carbocycles. The maximum atomic E-state index is 11.3. The fraction of sp³-hybridized carbons (Fsp3) is 0.200. The molecule has 0 amide bonds. The Bertz CT molecular complexity index is 476. The summed E-state index contributed by atoms with van der Waals surface area (Å²) < 4.78 is 4.71. The second kappa shape index (κ2) is 4.89. The molecule has 16 heavy (non-hydrogen) atoms. The minimum atomic E-state index is -0.673. The highest BCUT2D eigenvalue weighted by atomic mass is 16.6.